The molecule has 1 aromatic heterocycles. The van der Waals surface area contributed by atoms with Crippen molar-refractivity contribution >= 4 is 0 Å². The first-order valence-electron chi connectivity index (χ1n) is 7.66. The van der Waals surface area contributed by atoms with Gasteiger partial charge in [-0.2, -0.15) is 0 Å². The van der Waals surface area contributed by atoms with Gasteiger partial charge in [-0.15, -0.1) is 0 Å². The molecule has 0 aliphatic carbocycles. The minimum absolute atomic E-state index is 0.309. The molecule has 0 saturated carbocycles. The number of pyridine rings is 1. The zero-order valence-corrected chi connectivity index (χ0v) is 12.9. The summed E-state index contributed by atoms with van der Waals surface area (Å²) in [7, 11) is 0. The number of aryl methyl sites for hydroxylation is 1. The molecule has 1 saturated heterocycles. The van der Waals surface area contributed by atoms with Crippen molar-refractivity contribution in [1.29, 1.82) is 0 Å². The summed E-state index contributed by atoms with van der Waals surface area (Å²) in [6.45, 7) is 10.4. The third-order valence-electron chi connectivity index (χ3n) is 3.73. The first-order valence-corrected chi connectivity index (χ1v) is 7.66. The van der Waals surface area contributed by atoms with E-state index in [9.17, 15) is 5.11 Å². The van der Waals surface area contributed by atoms with Crippen molar-refractivity contribution in [2.45, 2.75) is 46.2 Å². The second-order valence-corrected chi connectivity index (χ2v) is 6.30. The van der Waals surface area contributed by atoms with E-state index in [2.05, 4.69) is 29.0 Å². The van der Waals surface area contributed by atoms with Gasteiger partial charge in [-0.05, 0) is 44.4 Å². The van der Waals surface area contributed by atoms with Crippen LogP contribution in [0.15, 0.2) is 12.1 Å². The Balaban J connectivity index is 2.03. The third-order valence-corrected chi connectivity index (χ3v) is 3.73. The van der Waals surface area contributed by atoms with Crippen molar-refractivity contribution in [3.63, 3.8) is 0 Å². The monoisotopic (exact) mass is 277 g/mol. The van der Waals surface area contributed by atoms with Crippen molar-refractivity contribution < 1.29 is 5.11 Å². The fourth-order valence-corrected chi connectivity index (χ4v) is 2.88. The molecule has 2 N–H and O–H groups in total. The van der Waals surface area contributed by atoms with Gasteiger partial charge >= 0.3 is 0 Å². The summed E-state index contributed by atoms with van der Waals surface area (Å²) in [5.41, 5.74) is 1.75. The van der Waals surface area contributed by atoms with E-state index >= 15 is 0 Å². The summed E-state index contributed by atoms with van der Waals surface area (Å²) in [4.78, 5) is 6.89. The van der Waals surface area contributed by atoms with Gasteiger partial charge in [0.25, 0.3) is 0 Å². The SMILES string of the molecule is Cc1ccc(O)c(CN(CC(C)C)CC2CCCN2)n1. The van der Waals surface area contributed by atoms with Gasteiger partial charge in [-0.3, -0.25) is 9.88 Å². The number of nitrogens with one attached hydrogen (secondary N) is 1. The summed E-state index contributed by atoms with van der Waals surface area (Å²) < 4.78 is 0. The van der Waals surface area contributed by atoms with E-state index in [1.165, 1.54) is 12.8 Å². The molecular weight excluding hydrogens is 250 g/mol. The van der Waals surface area contributed by atoms with Crippen LogP contribution in [0.2, 0.25) is 0 Å². The van der Waals surface area contributed by atoms with Gasteiger partial charge in [-0.25, -0.2) is 0 Å². The highest BCUT2D eigenvalue weighted by Crippen LogP contribution is 2.18. The lowest BCUT2D eigenvalue weighted by Crippen LogP contribution is -2.39. The van der Waals surface area contributed by atoms with E-state index in [0.717, 1.165) is 37.6 Å². The van der Waals surface area contributed by atoms with E-state index in [1.807, 2.05) is 13.0 Å². The number of nitrogens with zero attached hydrogens (tertiary/aromatic N) is 2. The Labute approximate surface area is 122 Å². The molecule has 1 aromatic rings. The topological polar surface area (TPSA) is 48.4 Å². The average molecular weight is 277 g/mol. The highest BCUT2D eigenvalue weighted by molar-refractivity contribution is 5.27. The van der Waals surface area contributed by atoms with Crippen molar-refractivity contribution in [2.24, 2.45) is 5.92 Å². The molecular formula is C16H27N3O. The molecule has 4 heteroatoms. The van der Waals surface area contributed by atoms with Gasteiger partial charge < -0.3 is 10.4 Å². The van der Waals surface area contributed by atoms with E-state index in [0.29, 0.717) is 17.7 Å². The number of hydrogen-bond acceptors (Lipinski definition) is 4. The number of hydrogen-bond donors (Lipinski definition) is 2. The van der Waals surface area contributed by atoms with Gasteiger partial charge in [0.1, 0.15) is 5.75 Å². The highest BCUT2D eigenvalue weighted by atomic mass is 16.3. The Morgan fingerprint density at radius 3 is 2.90 bits per heavy atom. The Kier molecular flexibility index (Phi) is 5.38. The average Bonchev–Trinajstić information content (AvgIpc) is 2.86. The standard InChI is InChI=1S/C16H27N3O/c1-12(2)9-19(10-14-5-4-8-17-14)11-15-16(20)7-6-13(3)18-15/h6-7,12,14,17,20H,4-5,8-11H2,1-3H3. The number of rotatable bonds is 6. The molecule has 0 aromatic carbocycles. The summed E-state index contributed by atoms with van der Waals surface area (Å²) in [6.07, 6.45) is 2.52. The van der Waals surface area contributed by atoms with Crippen LogP contribution in [0.25, 0.3) is 0 Å². The fraction of sp³-hybridized carbons (Fsp3) is 0.688. The van der Waals surface area contributed by atoms with Crippen LogP contribution in [0, 0.1) is 12.8 Å². The predicted octanol–water partition coefficient (Wildman–Crippen LogP) is 2.31. The van der Waals surface area contributed by atoms with Crippen LogP contribution in [0.4, 0.5) is 0 Å². The van der Waals surface area contributed by atoms with Gasteiger partial charge in [-0.1, -0.05) is 13.8 Å². The van der Waals surface area contributed by atoms with Gasteiger partial charge in [0.2, 0.25) is 0 Å². The van der Waals surface area contributed by atoms with Crippen LogP contribution in [-0.4, -0.2) is 40.7 Å². The zero-order valence-electron chi connectivity index (χ0n) is 12.9. The predicted molar refractivity (Wildman–Crippen MR) is 81.8 cm³/mol. The molecule has 1 atom stereocenters. The molecule has 112 valence electrons. The molecule has 4 nitrogen and oxygen atoms in total. The fourth-order valence-electron chi connectivity index (χ4n) is 2.88. The molecule has 0 radical (unpaired) electrons. The molecule has 1 fully saturated rings. The lowest BCUT2D eigenvalue weighted by atomic mass is 10.1. The molecule has 20 heavy (non-hydrogen) atoms. The molecule has 0 bridgehead atoms. The Morgan fingerprint density at radius 2 is 2.25 bits per heavy atom. The normalized spacial score (nSPS) is 19.1. The molecule has 1 aliphatic heterocycles. The second kappa shape index (κ2) is 7.04. The Hall–Kier alpha value is -1.13. The largest absolute Gasteiger partial charge is 0.506 e. The van der Waals surface area contributed by atoms with E-state index in [1.54, 1.807) is 6.07 Å². The minimum Gasteiger partial charge on any atom is -0.506 e. The first-order chi connectivity index (χ1) is 9.54. The summed E-state index contributed by atoms with van der Waals surface area (Å²) in [5.74, 6) is 0.923. The highest BCUT2D eigenvalue weighted by Gasteiger charge is 2.20. The van der Waals surface area contributed by atoms with E-state index < -0.39 is 0 Å². The van der Waals surface area contributed by atoms with E-state index in [-0.39, 0.29) is 0 Å². The van der Waals surface area contributed by atoms with Crippen LogP contribution in [-0.2, 0) is 6.54 Å². The van der Waals surface area contributed by atoms with E-state index in [4.69, 9.17) is 0 Å². The maximum atomic E-state index is 9.97. The van der Waals surface area contributed by atoms with Crippen LogP contribution >= 0.6 is 0 Å². The van der Waals surface area contributed by atoms with Gasteiger partial charge in [0, 0.05) is 31.4 Å². The van der Waals surface area contributed by atoms with Crippen LogP contribution in [0.3, 0.4) is 0 Å². The third kappa shape index (κ3) is 4.46. The summed E-state index contributed by atoms with van der Waals surface area (Å²) >= 11 is 0. The van der Waals surface area contributed by atoms with Crippen molar-refractivity contribution in [1.82, 2.24) is 15.2 Å². The Bertz CT molecular complexity index is 428. The molecule has 0 spiro atoms. The quantitative estimate of drug-likeness (QED) is 0.838. The molecule has 0 amide bonds. The van der Waals surface area contributed by atoms with Gasteiger partial charge in [0.15, 0.2) is 0 Å². The lowest BCUT2D eigenvalue weighted by Gasteiger charge is -2.27. The first kappa shape index (κ1) is 15.3. The summed E-state index contributed by atoms with van der Waals surface area (Å²) in [5, 5.41) is 13.5. The van der Waals surface area contributed by atoms with Crippen molar-refractivity contribution in [2.75, 3.05) is 19.6 Å². The molecule has 2 rings (SSSR count). The lowest BCUT2D eigenvalue weighted by molar-refractivity contribution is 0.211. The van der Waals surface area contributed by atoms with Crippen molar-refractivity contribution in [3.8, 4) is 5.75 Å². The maximum absolute atomic E-state index is 9.97. The number of aromatic hydroxyl groups is 1. The molecule has 1 aliphatic rings. The smallest absolute Gasteiger partial charge is 0.138 e. The maximum Gasteiger partial charge on any atom is 0.138 e. The minimum atomic E-state index is 0.309. The van der Waals surface area contributed by atoms with Crippen LogP contribution < -0.4 is 5.32 Å². The number of aromatic nitrogens is 1. The Morgan fingerprint density at radius 1 is 1.45 bits per heavy atom. The van der Waals surface area contributed by atoms with Crippen LogP contribution in [0.5, 0.6) is 5.75 Å². The summed E-state index contributed by atoms with van der Waals surface area (Å²) in [6, 6.07) is 4.18. The molecule has 1 unspecified atom stereocenters. The second-order valence-electron chi connectivity index (χ2n) is 6.30. The van der Waals surface area contributed by atoms with Crippen molar-refractivity contribution in [3.05, 3.63) is 23.5 Å². The molecule has 2 heterocycles. The van der Waals surface area contributed by atoms with Gasteiger partial charge in [0.05, 0.1) is 5.69 Å². The zero-order chi connectivity index (χ0) is 14.5. The van der Waals surface area contributed by atoms with Crippen LogP contribution in [0.1, 0.15) is 38.1 Å².